The van der Waals surface area contributed by atoms with Gasteiger partial charge in [-0.15, -0.1) is 22.7 Å². The zero-order chi connectivity index (χ0) is 15.6. The van der Waals surface area contributed by atoms with E-state index in [1.165, 1.54) is 0 Å². The summed E-state index contributed by atoms with van der Waals surface area (Å²) in [7, 11) is 0. The van der Waals surface area contributed by atoms with Crippen molar-refractivity contribution in [1.29, 1.82) is 0 Å². The molecule has 1 aromatic carbocycles. The molecular formula is C16H12N4OS2. The summed E-state index contributed by atoms with van der Waals surface area (Å²) in [6.07, 6.45) is 0.559. The third-order valence-corrected chi connectivity index (χ3v) is 4.72. The van der Waals surface area contributed by atoms with Gasteiger partial charge in [0.25, 0.3) is 0 Å². The molecule has 0 aliphatic carbocycles. The van der Waals surface area contributed by atoms with Crippen LogP contribution in [0.4, 0.5) is 0 Å². The van der Waals surface area contributed by atoms with Gasteiger partial charge in [-0.05, 0) is 13.0 Å². The molecule has 4 aromatic rings. The molecular weight excluding hydrogens is 328 g/mol. The van der Waals surface area contributed by atoms with Crippen molar-refractivity contribution in [3.63, 3.8) is 0 Å². The van der Waals surface area contributed by atoms with Gasteiger partial charge in [-0.2, -0.15) is 4.98 Å². The van der Waals surface area contributed by atoms with E-state index >= 15 is 0 Å². The number of benzene rings is 1. The van der Waals surface area contributed by atoms with Crippen LogP contribution in [0.1, 0.15) is 16.6 Å². The molecule has 7 heteroatoms. The van der Waals surface area contributed by atoms with Crippen molar-refractivity contribution in [3.8, 4) is 22.6 Å². The maximum Gasteiger partial charge on any atom is 0.233 e. The molecule has 0 atom stereocenters. The van der Waals surface area contributed by atoms with Crippen LogP contribution in [0.15, 0.2) is 45.1 Å². The number of nitrogens with zero attached hydrogens (tertiary/aromatic N) is 4. The summed E-state index contributed by atoms with van der Waals surface area (Å²) in [5, 5.41) is 9.16. The Hall–Kier alpha value is -2.38. The smallest absolute Gasteiger partial charge is 0.233 e. The molecule has 0 bridgehead atoms. The van der Waals surface area contributed by atoms with Gasteiger partial charge in [0.2, 0.25) is 11.7 Å². The van der Waals surface area contributed by atoms with Gasteiger partial charge in [-0.25, -0.2) is 9.97 Å². The average molecular weight is 340 g/mol. The average Bonchev–Trinajstić information content (AvgIpc) is 3.30. The van der Waals surface area contributed by atoms with Crippen LogP contribution < -0.4 is 0 Å². The van der Waals surface area contributed by atoms with Gasteiger partial charge in [-0.1, -0.05) is 23.4 Å². The summed E-state index contributed by atoms with van der Waals surface area (Å²) in [6, 6.07) is 8.00. The summed E-state index contributed by atoms with van der Waals surface area (Å²) in [5.41, 5.74) is 5.70. The number of aryl methyl sites for hydroxylation is 1. The summed E-state index contributed by atoms with van der Waals surface area (Å²) >= 11 is 3.20. The third kappa shape index (κ3) is 3.06. The monoisotopic (exact) mass is 340 g/mol. The molecule has 0 spiro atoms. The molecule has 4 rings (SSSR count). The van der Waals surface area contributed by atoms with Crippen molar-refractivity contribution >= 4 is 22.7 Å². The summed E-state index contributed by atoms with van der Waals surface area (Å²) < 4.78 is 5.35. The fourth-order valence-corrected chi connectivity index (χ4v) is 3.43. The molecule has 0 unspecified atom stereocenters. The second-order valence-electron chi connectivity index (χ2n) is 5.00. The third-order valence-electron chi connectivity index (χ3n) is 3.32. The lowest BCUT2D eigenvalue weighted by Gasteiger charge is -1.99. The highest BCUT2D eigenvalue weighted by Crippen LogP contribution is 2.25. The van der Waals surface area contributed by atoms with Crippen LogP contribution in [0, 0.1) is 6.92 Å². The van der Waals surface area contributed by atoms with Crippen LogP contribution in [0.25, 0.3) is 22.6 Å². The van der Waals surface area contributed by atoms with Gasteiger partial charge in [0.05, 0.1) is 28.3 Å². The Morgan fingerprint density at radius 1 is 1.13 bits per heavy atom. The van der Waals surface area contributed by atoms with Crippen molar-refractivity contribution in [2.75, 3.05) is 0 Å². The molecule has 0 saturated heterocycles. The number of hydrogen-bond donors (Lipinski definition) is 0. The van der Waals surface area contributed by atoms with E-state index < -0.39 is 0 Å². The van der Waals surface area contributed by atoms with Crippen LogP contribution >= 0.6 is 22.7 Å². The molecule has 0 aliphatic rings. The highest BCUT2D eigenvalue weighted by Gasteiger charge is 2.12. The fraction of sp³-hybridized carbons (Fsp3) is 0.125. The van der Waals surface area contributed by atoms with E-state index in [1.807, 2.05) is 47.5 Å². The molecule has 23 heavy (non-hydrogen) atoms. The predicted octanol–water partition coefficient (Wildman–Crippen LogP) is 4.22. The molecule has 0 aliphatic heterocycles. The van der Waals surface area contributed by atoms with Crippen molar-refractivity contribution in [3.05, 3.63) is 57.1 Å². The Morgan fingerprint density at radius 2 is 2.04 bits per heavy atom. The minimum absolute atomic E-state index is 0.559. The van der Waals surface area contributed by atoms with Crippen molar-refractivity contribution < 1.29 is 4.52 Å². The van der Waals surface area contributed by atoms with Crippen molar-refractivity contribution in [1.82, 2.24) is 20.1 Å². The highest BCUT2D eigenvalue weighted by molar-refractivity contribution is 7.09. The van der Waals surface area contributed by atoms with Gasteiger partial charge in [0.1, 0.15) is 0 Å². The minimum atomic E-state index is 0.559. The highest BCUT2D eigenvalue weighted by atomic mass is 32.1. The molecule has 0 radical (unpaired) electrons. The normalized spacial score (nSPS) is 11.0. The molecule has 0 amide bonds. The van der Waals surface area contributed by atoms with E-state index in [9.17, 15) is 0 Å². The predicted molar refractivity (Wildman–Crippen MR) is 90.5 cm³/mol. The van der Waals surface area contributed by atoms with Crippen LogP contribution in [0.2, 0.25) is 0 Å². The lowest BCUT2D eigenvalue weighted by molar-refractivity contribution is 0.385. The van der Waals surface area contributed by atoms with E-state index in [1.54, 1.807) is 22.7 Å². The maximum absolute atomic E-state index is 5.35. The van der Waals surface area contributed by atoms with Crippen LogP contribution in [-0.4, -0.2) is 20.1 Å². The van der Waals surface area contributed by atoms with E-state index in [-0.39, 0.29) is 0 Å². The van der Waals surface area contributed by atoms with E-state index in [0.29, 0.717) is 18.1 Å². The first-order valence-electron chi connectivity index (χ1n) is 7.00. The Bertz CT molecular complexity index is 927. The van der Waals surface area contributed by atoms with E-state index in [0.717, 1.165) is 27.5 Å². The second kappa shape index (κ2) is 6.02. The van der Waals surface area contributed by atoms with Crippen LogP contribution in [0.5, 0.6) is 0 Å². The standard InChI is InChI=1S/C16H12N4OS2/c1-10-18-13(7-23-10)6-15-19-16(20-21-15)12-4-2-3-11(5-12)14-8-22-9-17-14/h2-5,7-9H,6H2,1H3. The molecule has 3 aromatic heterocycles. The van der Waals surface area contributed by atoms with Crippen LogP contribution in [0.3, 0.4) is 0 Å². The topological polar surface area (TPSA) is 64.7 Å². The van der Waals surface area contributed by atoms with E-state index in [2.05, 4.69) is 20.1 Å². The summed E-state index contributed by atoms with van der Waals surface area (Å²) in [4.78, 5) is 13.2. The number of hydrogen-bond acceptors (Lipinski definition) is 7. The number of aromatic nitrogens is 4. The van der Waals surface area contributed by atoms with Gasteiger partial charge in [0.15, 0.2) is 0 Å². The molecule has 0 saturated carbocycles. The minimum Gasteiger partial charge on any atom is -0.339 e. The van der Waals surface area contributed by atoms with Gasteiger partial charge < -0.3 is 4.52 Å². The van der Waals surface area contributed by atoms with Gasteiger partial charge in [0, 0.05) is 21.9 Å². The maximum atomic E-state index is 5.35. The first-order valence-corrected chi connectivity index (χ1v) is 8.83. The second-order valence-corrected chi connectivity index (χ2v) is 6.78. The summed E-state index contributed by atoms with van der Waals surface area (Å²) in [5.74, 6) is 1.16. The first-order chi connectivity index (χ1) is 11.3. The Balaban J connectivity index is 1.60. The molecule has 114 valence electrons. The zero-order valence-corrected chi connectivity index (χ0v) is 13.9. The quantitative estimate of drug-likeness (QED) is 0.556. The zero-order valence-electron chi connectivity index (χ0n) is 12.3. The largest absolute Gasteiger partial charge is 0.339 e. The van der Waals surface area contributed by atoms with Crippen LogP contribution in [-0.2, 0) is 6.42 Å². The lowest BCUT2D eigenvalue weighted by atomic mass is 10.1. The van der Waals surface area contributed by atoms with E-state index in [4.69, 9.17) is 4.52 Å². The number of rotatable bonds is 4. The molecule has 0 fully saturated rings. The lowest BCUT2D eigenvalue weighted by Crippen LogP contribution is -1.89. The van der Waals surface area contributed by atoms with Gasteiger partial charge >= 0.3 is 0 Å². The van der Waals surface area contributed by atoms with Crippen molar-refractivity contribution in [2.45, 2.75) is 13.3 Å². The molecule has 0 N–H and O–H groups in total. The summed E-state index contributed by atoms with van der Waals surface area (Å²) in [6.45, 7) is 1.98. The van der Waals surface area contributed by atoms with Crippen molar-refractivity contribution in [2.24, 2.45) is 0 Å². The van der Waals surface area contributed by atoms with Gasteiger partial charge in [-0.3, -0.25) is 0 Å². The number of thiazole rings is 2. The fourth-order valence-electron chi connectivity index (χ4n) is 2.26. The SMILES string of the molecule is Cc1nc(Cc2nc(-c3cccc(-c4cscn4)c3)no2)cs1. The molecule has 3 heterocycles. The molecule has 5 nitrogen and oxygen atoms in total. The first kappa shape index (κ1) is 14.2. The Labute approximate surface area is 140 Å². The Kier molecular flexibility index (Phi) is 3.72. The Morgan fingerprint density at radius 3 is 2.83 bits per heavy atom.